The maximum atomic E-state index is 8.78. The first-order chi connectivity index (χ1) is 6.71. The fourth-order valence-electron chi connectivity index (χ4n) is 1.53. The number of hydrogen-bond donors (Lipinski definition) is 0. The first-order valence-corrected chi connectivity index (χ1v) is 5.15. The van der Waals surface area contributed by atoms with E-state index in [1.165, 1.54) is 0 Å². The highest BCUT2D eigenvalue weighted by atomic mass is 15.3. The number of nitriles is 1. The molecule has 0 aliphatic carbocycles. The Morgan fingerprint density at radius 3 is 2.57 bits per heavy atom. The van der Waals surface area contributed by atoms with Gasteiger partial charge in [-0.3, -0.25) is 4.68 Å². The molecule has 0 unspecified atom stereocenters. The van der Waals surface area contributed by atoms with E-state index in [-0.39, 0.29) is 0 Å². The Morgan fingerprint density at radius 2 is 2.14 bits per heavy atom. The Hall–Kier alpha value is -1.30. The van der Waals surface area contributed by atoms with Crippen LogP contribution in [0, 0.1) is 24.2 Å². The van der Waals surface area contributed by atoms with Crippen LogP contribution in [0.4, 0.5) is 0 Å². The fraction of sp³-hybridized carbons (Fsp3) is 0.636. The lowest BCUT2D eigenvalue weighted by atomic mass is 10.0. The van der Waals surface area contributed by atoms with Gasteiger partial charge in [0.05, 0.1) is 11.3 Å². The smallest absolute Gasteiger partial charge is 0.103 e. The minimum absolute atomic E-state index is 0.667. The standard InChI is InChI=1S/C11H17N3/c1-4-10(5-2)7-14-8-11(6-12)9(3)13-14/h8,10H,4-5,7H2,1-3H3. The zero-order valence-corrected chi connectivity index (χ0v) is 9.12. The summed E-state index contributed by atoms with van der Waals surface area (Å²) in [6.07, 6.45) is 4.17. The third-order valence-electron chi connectivity index (χ3n) is 2.67. The van der Waals surface area contributed by atoms with Crippen molar-refractivity contribution < 1.29 is 0 Å². The largest absolute Gasteiger partial charge is 0.271 e. The molecule has 0 aromatic carbocycles. The van der Waals surface area contributed by atoms with E-state index in [1.54, 1.807) is 0 Å². The van der Waals surface area contributed by atoms with E-state index in [4.69, 9.17) is 5.26 Å². The van der Waals surface area contributed by atoms with Crippen LogP contribution in [0.2, 0.25) is 0 Å². The first kappa shape index (κ1) is 10.8. The Labute approximate surface area is 85.4 Å². The molecule has 0 saturated heterocycles. The van der Waals surface area contributed by atoms with Gasteiger partial charge in [-0.25, -0.2) is 0 Å². The molecular weight excluding hydrogens is 174 g/mol. The quantitative estimate of drug-likeness (QED) is 0.733. The topological polar surface area (TPSA) is 41.6 Å². The highest BCUT2D eigenvalue weighted by molar-refractivity contribution is 5.29. The molecule has 0 bridgehead atoms. The van der Waals surface area contributed by atoms with Crippen LogP contribution in [0.5, 0.6) is 0 Å². The van der Waals surface area contributed by atoms with Gasteiger partial charge in [-0.05, 0) is 12.8 Å². The van der Waals surface area contributed by atoms with E-state index in [0.29, 0.717) is 11.5 Å². The van der Waals surface area contributed by atoms with Gasteiger partial charge in [0.1, 0.15) is 6.07 Å². The number of hydrogen-bond acceptors (Lipinski definition) is 2. The number of aromatic nitrogens is 2. The van der Waals surface area contributed by atoms with Crippen molar-refractivity contribution in [2.45, 2.75) is 40.2 Å². The number of rotatable bonds is 4. The summed E-state index contributed by atoms with van der Waals surface area (Å²) in [6, 6.07) is 2.14. The number of aryl methyl sites for hydroxylation is 1. The molecule has 76 valence electrons. The molecule has 1 heterocycles. The lowest BCUT2D eigenvalue weighted by Gasteiger charge is -2.11. The predicted molar refractivity (Wildman–Crippen MR) is 55.8 cm³/mol. The van der Waals surface area contributed by atoms with E-state index in [2.05, 4.69) is 25.0 Å². The second-order valence-electron chi connectivity index (χ2n) is 3.64. The average Bonchev–Trinajstić information content (AvgIpc) is 2.55. The SMILES string of the molecule is CCC(CC)Cn1cc(C#N)c(C)n1. The molecule has 0 aliphatic heterocycles. The van der Waals surface area contributed by atoms with Crippen LogP contribution in [0.25, 0.3) is 0 Å². The summed E-state index contributed by atoms with van der Waals surface area (Å²) >= 11 is 0. The summed E-state index contributed by atoms with van der Waals surface area (Å²) in [7, 11) is 0. The summed E-state index contributed by atoms with van der Waals surface area (Å²) < 4.78 is 1.89. The van der Waals surface area contributed by atoms with Crippen LogP contribution in [0.15, 0.2) is 6.20 Å². The van der Waals surface area contributed by atoms with Gasteiger partial charge < -0.3 is 0 Å². The van der Waals surface area contributed by atoms with E-state index < -0.39 is 0 Å². The average molecular weight is 191 g/mol. The molecular formula is C11H17N3. The second kappa shape index (κ2) is 4.80. The van der Waals surface area contributed by atoms with Gasteiger partial charge in [-0.2, -0.15) is 10.4 Å². The van der Waals surface area contributed by atoms with Crippen LogP contribution < -0.4 is 0 Å². The van der Waals surface area contributed by atoms with E-state index in [1.807, 2.05) is 17.8 Å². The molecule has 14 heavy (non-hydrogen) atoms. The predicted octanol–water partition coefficient (Wildman–Crippen LogP) is 2.50. The maximum absolute atomic E-state index is 8.78. The van der Waals surface area contributed by atoms with Crippen LogP contribution in [-0.4, -0.2) is 9.78 Å². The first-order valence-electron chi connectivity index (χ1n) is 5.15. The van der Waals surface area contributed by atoms with Crippen molar-refractivity contribution in [1.29, 1.82) is 5.26 Å². The molecule has 1 rings (SSSR count). The fourth-order valence-corrected chi connectivity index (χ4v) is 1.53. The zero-order valence-electron chi connectivity index (χ0n) is 9.12. The lowest BCUT2D eigenvalue weighted by molar-refractivity contribution is 0.395. The molecule has 3 nitrogen and oxygen atoms in total. The monoisotopic (exact) mass is 191 g/mol. The van der Waals surface area contributed by atoms with Crippen LogP contribution in [-0.2, 0) is 6.54 Å². The molecule has 0 radical (unpaired) electrons. The van der Waals surface area contributed by atoms with Gasteiger partial charge >= 0.3 is 0 Å². The van der Waals surface area contributed by atoms with Crippen LogP contribution in [0.3, 0.4) is 0 Å². The van der Waals surface area contributed by atoms with Gasteiger partial charge in [0.15, 0.2) is 0 Å². The molecule has 0 fully saturated rings. The molecule has 1 aromatic rings. The van der Waals surface area contributed by atoms with Gasteiger partial charge in [-0.15, -0.1) is 0 Å². The second-order valence-corrected chi connectivity index (χ2v) is 3.64. The Kier molecular flexibility index (Phi) is 3.70. The van der Waals surface area contributed by atoms with Gasteiger partial charge in [-0.1, -0.05) is 26.7 Å². The molecule has 0 saturated carbocycles. The summed E-state index contributed by atoms with van der Waals surface area (Å²) in [6.45, 7) is 7.18. The van der Waals surface area contributed by atoms with Crippen molar-refractivity contribution in [1.82, 2.24) is 9.78 Å². The van der Waals surface area contributed by atoms with E-state index in [0.717, 1.165) is 25.1 Å². The molecule has 0 aliphatic rings. The van der Waals surface area contributed by atoms with Crippen molar-refractivity contribution in [3.05, 3.63) is 17.5 Å². The van der Waals surface area contributed by atoms with Gasteiger partial charge in [0.2, 0.25) is 0 Å². The normalized spacial score (nSPS) is 10.5. The van der Waals surface area contributed by atoms with Gasteiger partial charge in [0.25, 0.3) is 0 Å². The van der Waals surface area contributed by atoms with Crippen molar-refractivity contribution in [2.24, 2.45) is 5.92 Å². The Morgan fingerprint density at radius 1 is 1.50 bits per heavy atom. The minimum atomic E-state index is 0.667. The molecule has 0 N–H and O–H groups in total. The summed E-state index contributed by atoms with van der Waals surface area (Å²) in [4.78, 5) is 0. The van der Waals surface area contributed by atoms with Crippen LogP contribution >= 0.6 is 0 Å². The number of nitrogens with zero attached hydrogens (tertiary/aromatic N) is 3. The summed E-state index contributed by atoms with van der Waals surface area (Å²) in [5, 5.41) is 13.1. The molecule has 0 atom stereocenters. The molecule has 0 amide bonds. The summed E-state index contributed by atoms with van der Waals surface area (Å²) in [5.41, 5.74) is 1.52. The van der Waals surface area contributed by atoms with Gasteiger partial charge in [0, 0.05) is 12.7 Å². The Balaban J connectivity index is 2.73. The summed E-state index contributed by atoms with van der Waals surface area (Å²) in [5.74, 6) is 0.667. The van der Waals surface area contributed by atoms with Crippen LogP contribution in [0.1, 0.15) is 37.9 Å². The van der Waals surface area contributed by atoms with Crippen molar-refractivity contribution in [3.8, 4) is 6.07 Å². The van der Waals surface area contributed by atoms with Crippen molar-refractivity contribution in [3.63, 3.8) is 0 Å². The highest BCUT2D eigenvalue weighted by Gasteiger charge is 2.08. The molecule has 0 spiro atoms. The maximum Gasteiger partial charge on any atom is 0.103 e. The molecule has 1 aromatic heterocycles. The molecule has 3 heteroatoms. The minimum Gasteiger partial charge on any atom is -0.271 e. The van der Waals surface area contributed by atoms with E-state index >= 15 is 0 Å². The van der Waals surface area contributed by atoms with Crippen molar-refractivity contribution in [2.75, 3.05) is 0 Å². The lowest BCUT2D eigenvalue weighted by Crippen LogP contribution is -2.09. The van der Waals surface area contributed by atoms with Crippen molar-refractivity contribution >= 4 is 0 Å². The third-order valence-corrected chi connectivity index (χ3v) is 2.67. The zero-order chi connectivity index (χ0) is 10.6. The third kappa shape index (κ3) is 2.35. The Bertz CT molecular complexity index is 329. The van der Waals surface area contributed by atoms with E-state index in [9.17, 15) is 0 Å². The highest BCUT2D eigenvalue weighted by Crippen LogP contribution is 2.12.